The fraction of sp³-hybridized carbons (Fsp3) is 0.0909. The van der Waals surface area contributed by atoms with Gasteiger partial charge in [-0.2, -0.15) is 0 Å². The molecule has 0 spiro atoms. The Morgan fingerprint density at radius 2 is 2.25 bits per heavy atom. The summed E-state index contributed by atoms with van der Waals surface area (Å²) in [6, 6.07) is 4.74. The number of imidazole rings is 1. The van der Waals surface area contributed by atoms with Crippen LogP contribution in [0.2, 0.25) is 5.02 Å². The third kappa shape index (κ3) is 1.79. The smallest absolute Gasteiger partial charge is 0.336 e. The normalized spacial score (nSPS) is 10.4. The van der Waals surface area contributed by atoms with Crippen LogP contribution < -0.4 is 0 Å². The molecule has 0 saturated carbocycles. The number of hydrogen-bond acceptors (Lipinski definition) is 2. The van der Waals surface area contributed by atoms with Crippen molar-refractivity contribution in [2.75, 3.05) is 0 Å². The summed E-state index contributed by atoms with van der Waals surface area (Å²) in [5.74, 6) is -0.408. The predicted octanol–water partition coefficient (Wildman–Crippen LogP) is 2.44. The van der Waals surface area contributed by atoms with Crippen molar-refractivity contribution in [3.63, 3.8) is 0 Å². The van der Waals surface area contributed by atoms with Crippen molar-refractivity contribution < 1.29 is 9.90 Å². The molecule has 4 nitrogen and oxygen atoms in total. The number of halogens is 1. The lowest BCUT2D eigenvalue weighted by Gasteiger charge is -2.06. The second-order valence-corrected chi connectivity index (χ2v) is 3.79. The first-order valence-electron chi connectivity index (χ1n) is 4.60. The van der Waals surface area contributed by atoms with Gasteiger partial charge in [0.05, 0.1) is 5.56 Å². The lowest BCUT2D eigenvalue weighted by molar-refractivity contribution is 0.0697. The van der Waals surface area contributed by atoms with Crippen LogP contribution in [0.25, 0.3) is 11.4 Å². The van der Waals surface area contributed by atoms with E-state index >= 15 is 0 Å². The Morgan fingerprint density at radius 1 is 1.50 bits per heavy atom. The quantitative estimate of drug-likeness (QED) is 0.871. The second kappa shape index (κ2) is 3.98. The highest BCUT2D eigenvalue weighted by molar-refractivity contribution is 6.31. The number of hydrogen-bond donors (Lipinski definition) is 1. The van der Waals surface area contributed by atoms with Crippen molar-refractivity contribution in [2.45, 2.75) is 0 Å². The lowest BCUT2D eigenvalue weighted by atomic mass is 10.1. The minimum absolute atomic E-state index is 0.154. The Labute approximate surface area is 97.1 Å². The van der Waals surface area contributed by atoms with Gasteiger partial charge in [0, 0.05) is 30.0 Å². The molecule has 82 valence electrons. The van der Waals surface area contributed by atoms with Crippen molar-refractivity contribution >= 4 is 17.6 Å². The molecule has 1 heterocycles. The van der Waals surface area contributed by atoms with Crippen LogP contribution in [0.15, 0.2) is 30.6 Å². The van der Waals surface area contributed by atoms with Crippen molar-refractivity contribution in [3.05, 3.63) is 41.2 Å². The average Bonchev–Trinajstić information content (AvgIpc) is 2.64. The minimum atomic E-state index is -1.01. The molecule has 0 aliphatic carbocycles. The number of carboxylic acid groups (broad SMARTS) is 1. The van der Waals surface area contributed by atoms with Crippen molar-refractivity contribution in [1.29, 1.82) is 0 Å². The standard InChI is InChI=1S/C11H9ClN2O2/c1-14-5-4-13-10(14)8-3-2-7(12)6-9(8)11(15)16/h2-6H,1H3,(H,15,16). The van der Waals surface area contributed by atoms with Gasteiger partial charge in [-0.05, 0) is 18.2 Å². The zero-order valence-corrected chi connectivity index (χ0v) is 9.27. The first-order chi connectivity index (χ1) is 7.59. The third-order valence-electron chi connectivity index (χ3n) is 2.27. The van der Waals surface area contributed by atoms with E-state index in [9.17, 15) is 4.79 Å². The molecule has 1 aromatic carbocycles. The molecule has 0 aliphatic rings. The minimum Gasteiger partial charge on any atom is -0.478 e. The van der Waals surface area contributed by atoms with Crippen LogP contribution in [0.4, 0.5) is 0 Å². The number of carboxylic acids is 1. The first kappa shape index (κ1) is 10.7. The molecule has 1 N–H and O–H groups in total. The van der Waals surface area contributed by atoms with E-state index in [4.69, 9.17) is 16.7 Å². The molecule has 0 amide bonds. The van der Waals surface area contributed by atoms with Gasteiger partial charge in [0.15, 0.2) is 0 Å². The zero-order chi connectivity index (χ0) is 11.7. The number of rotatable bonds is 2. The molecule has 0 bridgehead atoms. The van der Waals surface area contributed by atoms with E-state index in [1.54, 1.807) is 29.1 Å². The highest BCUT2D eigenvalue weighted by Crippen LogP contribution is 2.24. The van der Waals surface area contributed by atoms with Crippen molar-refractivity contribution in [3.8, 4) is 11.4 Å². The number of carbonyl (C=O) groups is 1. The largest absolute Gasteiger partial charge is 0.478 e. The third-order valence-corrected chi connectivity index (χ3v) is 2.51. The van der Waals surface area contributed by atoms with Gasteiger partial charge in [-0.3, -0.25) is 0 Å². The van der Waals surface area contributed by atoms with E-state index in [0.717, 1.165) is 0 Å². The van der Waals surface area contributed by atoms with E-state index < -0.39 is 5.97 Å². The van der Waals surface area contributed by atoms with Crippen LogP contribution in [0.5, 0.6) is 0 Å². The molecule has 16 heavy (non-hydrogen) atoms. The summed E-state index contributed by atoms with van der Waals surface area (Å²) in [5.41, 5.74) is 0.714. The Bertz CT molecular complexity index is 549. The lowest BCUT2D eigenvalue weighted by Crippen LogP contribution is -2.02. The maximum atomic E-state index is 11.1. The number of benzene rings is 1. The Balaban J connectivity index is 2.65. The van der Waals surface area contributed by atoms with Crippen LogP contribution >= 0.6 is 11.6 Å². The Morgan fingerprint density at radius 3 is 2.81 bits per heavy atom. The van der Waals surface area contributed by atoms with Gasteiger partial charge < -0.3 is 9.67 Å². The van der Waals surface area contributed by atoms with Crippen LogP contribution in [-0.2, 0) is 7.05 Å². The highest BCUT2D eigenvalue weighted by Gasteiger charge is 2.14. The summed E-state index contributed by atoms with van der Waals surface area (Å²) in [7, 11) is 1.81. The molecule has 0 unspecified atom stereocenters. The number of aromatic nitrogens is 2. The van der Waals surface area contributed by atoms with E-state index in [0.29, 0.717) is 16.4 Å². The summed E-state index contributed by atoms with van der Waals surface area (Å²) in [6.07, 6.45) is 3.38. The van der Waals surface area contributed by atoms with Gasteiger partial charge >= 0.3 is 5.97 Å². The van der Waals surface area contributed by atoms with Crippen molar-refractivity contribution in [2.24, 2.45) is 7.05 Å². The molecule has 5 heteroatoms. The van der Waals surface area contributed by atoms with Crippen LogP contribution in [-0.4, -0.2) is 20.6 Å². The summed E-state index contributed by atoms with van der Waals surface area (Å²) in [6.45, 7) is 0. The summed E-state index contributed by atoms with van der Waals surface area (Å²) >= 11 is 5.77. The Kier molecular flexibility index (Phi) is 2.66. The van der Waals surface area contributed by atoms with Crippen LogP contribution in [0.1, 0.15) is 10.4 Å². The first-order valence-corrected chi connectivity index (χ1v) is 4.98. The number of aromatic carboxylic acids is 1. The fourth-order valence-electron chi connectivity index (χ4n) is 1.51. The fourth-order valence-corrected chi connectivity index (χ4v) is 1.69. The number of nitrogens with zero attached hydrogens (tertiary/aromatic N) is 2. The van der Waals surface area contributed by atoms with E-state index in [2.05, 4.69) is 4.98 Å². The Hall–Kier alpha value is -1.81. The SMILES string of the molecule is Cn1ccnc1-c1ccc(Cl)cc1C(=O)O. The molecule has 0 radical (unpaired) electrons. The average molecular weight is 237 g/mol. The summed E-state index contributed by atoms with van der Waals surface area (Å²) in [4.78, 5) is 15.2. The summed E-state index contributed by atoms with van der Waals surface area (Å²) < 4.78 is 1.76. The van der Waals surface area contributed by atoms with E-state index in [1.165, 1.54) is 6.07 Å². The van der Waals surface area contributed by atoms with Crippen LogP contribution in [0, 0.1) is 0 Å². The highest BCUT2D eigenvalue weighted by atomic mass is 35.5. The topological polar surface area (TPSA) is 55.1 Å². The molecule has 0 aliphatic heterocycles. The summed E-state index contributed by atoms with van der Waals surface area (Å²) in [5, 5.41) is 9.48. The molecule has 0 fully saturated rings. The van der Waals surface area contributed by atoms with Crippen LogP contribution in [0.3, 0.4) is 0 Å². The van der Waals surface area contributed by atoms with E-state index in [-0.39, 0.29) is 5.56 Å². The molecule has 2 rings (SSSR count). The van der Waals surface area contributed by atoms with Gasteiger partial charge in [0.1, 0.15) is 5.82 Å². The maximum Gasteiger partial charge on any atom is 0.336 e. The van der Waals surface area contributed by atoms with Gasteiger partial charge in [-0.15, -0.1) is 0 Å². The van der Waals surface area contributed by atoms with Gasteiger partial charge in [0.2, 0.25) is 0 Å². The predicted molar refractivity (Wildman–Crippen MR) is 60.6 cm³/mol. The zero-order valence-electron chi connectivity index (χ0n) is 8.51. The van der Waals surface area contributed by atoms with E-state index in [1.807, 2.05) is 7.05 Å². The molecule has 2 aromatic rings. The van der Waals surface area contributed by atoms with Crippen molar-refractivity contribution in [1.82, 2.24) is 9.55 Å². The van der Waals surface area contributed by atoms with Gasteiger partial charge in [-0.25, -0.2) is 9.78 Å². The molecular formula is C11H9ClN2O2. The molecular weight excluding hydrogens is 228 g/mol. The monoisotopic (exact) mass is 236 g/mol. The second-order valence-electron chi connectivity index (χ2n) is 3.36. The molecule has 0 saturated heterocycles. The van der Waals surface area contributed by atoms with Gasteiger partial charge in [-0.1, -0.05) is 11.6 Å². The number of aryl methyl sites for hydroxylation is 1. The molecule has 1 aromatic heterocycles. The molecule has 0 atom stereocenters. The maximum absolute atomic E-state index is 11.1. The van der Waals surface area contributed by atoms with Gasteiger partial charge in [0.25, 0.3) is 0 Å².